The maximum Gasteiger partial charge on any atom is 0.178 e. The molecule has 16 heavy (non-hydrogen) atoms. The Morgan fingerprint density at radius 3 is 3.31 bits per heavy atom. The molecule has 2 atom stereocenters. The number of aromatic nitrogens is 3. The molecule has 4 rings (SSSR count). The van der Waals surface area contributed by atoms with E-state index in [0.29, 0.717) is 5.92 Å². The lowest BCUT2D eigenvalue weighted by molar-refractivity contribution is 0.980. The summed E-state index contributed by atoms with van der Waals surface area (Å²) < 4.78 is 0. The minimum atomic E-state index is 0.686. The standard InChI is InChI=1S/C13H11N3/c1-3-8-7-10(8)9(4-1)12-15-11-5-2-6-14-13(11)16-12/h1-6,8,10H,7H2,(H,14,15,16). The van der Waals surface area contributed by atoms with E-state index in [4.69, 9.17) is 0 Å². The molecule has 0 spiro atoms. The lowest BCUT2D eigenvalue weighted by atomic mass is 10.0. The van der Waals surface area contributed by atoms with Gasteiger partial charge in [0.2, 0.25) is 0 Å². The van der Waals surface area contributed by atoms with Crippen LogP contribution < -0.4 is 0 Å². The highest BCUT2D eigenvalue weighted by molar-refractivity contribution is 5.77. The molecule has 2 aromatic heterocycles. The van der Waals surface area contributed by atoms with Crippen LogP contribution in [0.4, 0.5) is 0 Å². The van der Waals surface area contributed by atoms with Crippen molar-refractivity contribution in [3.8, 4) is 0 Å². The van der Waals surface area contributed by atoms with Crippen molar-refractivity contribution in [1.82, 2.24) is 15.0 Å². The number of rotatable bonds is 1. The molecule has 0 bridgehead atoms. The Labute approximate surface area is 92.9 Å². The van der Waals surface area contributed by atoms with Crippen LogP contribution in [0.5, 0.6) is 0 Å². The number of aromatic amines is 1. The van der Waals surface area contributed by atoms with Crippen LogP contribution in [0.3, 0.4) is 0 Å². The number of H-pyrrole nitrogens is 1. The zero-order valence-corrected chi connectivity index (χ0v) is 8.72. The summed E-state index contributed by atoms with van der Waals surface area (Å²) in [7, 11) is 0. The fraction of sp³-hybridized carbons (Fsp3) is 0.231. The Balaban J connectivity index is 1.87. The molecule has 1 fully saturated rings. The second-order valence-corrected chi connectivity index (χ2v) is 4.47. The zero-order valence-electron chi connectivity index (χ0n) is 8.72. The van der Waals surface area contributed by atoms with Crippen molar-refractivity contribution >= 4 is 16.7 Å². The van der Waals surface area contributed by atoms with Crippen molar-refractivity contribution in [1.29, 1.82) is 0 Å². The lowest BCUT2D eigenvalue weighted by Crippen LogP contribution is -1.93. The minimum absolute atomic E-state index is 0.686. The second-order valence-electron chi connectivity index (χ2n) is 4.47. The number of hydrogen-bond acceptors (Lipinski definition) is 2. The largest absolute Gasteiger partial charge is 0.337 e. The smallest absolute Gasteiger partial charge is 0.178 e. The van der Waals surface area contributed by atoms with Gasteiger partial charge >= 0.3 is 0 Å². The molecule has 2 aliphatic rings. The molecule has 0 aliphatic heterocycles. The zero-order chi connectivity index (χ0) is 10.5. The fourth-order valence-electron chi connectivity index (χ4n) is 2.45. The molecule has 2 heterocycles. The summed E-state index contributed by atoms with van der Waals surface area (Å²) in [6.45, 7) is 0. The van der Waals surface area contributed by atoms with Crippen LogP contribution in [0.2, 0.25) is 0 Å². The molecular formula is C13H11N3. The Bertz CT molecular complexity index is 588. The predicted molar refractivity (Wildman–Crippen MR) is 62.6 cm³/mol. The average molecular weight is 209 g/mol. The maximum atomic E-state index is 4.54. The third kappa shape index (κ3) is 1.08. The van der Waals surface area contributed by atoms with E-state index in [1.807, 2.05) is 12.1 Å². The Morgan fingerprint density at radius 1 is 1.38 bits per heavy atom. The van der Waals surface area contributed by atoms with Gasteiger partial charge in [0, 0.05) is 6.20 Å². The molecule has 0 aromatic carbocycles. The SMILES string of the molecule is C1=CC2CC2C(c2nc3ncccc3[nH]2)=C1. The number of fused-ring (bicyclic) bond motifs is 2. The van der Waals surface area contributed by atoms with Gasteiger partial charge in [-0.1, -0.05) is 18.2 Å². The van der Waals surface area contributed by atoms with E-state index < -0.39 is 0 Å². The third-order valence-electron chi connectivity index (χ3n) is 3.40. The van der Waals surface area contributed by atoms with Gasteiger partial charge in [0.1, 0.15) is 5.82 Å². The van der Waals surface area contributed by atoms with Crippen LogP contribution in [0.25, 0.3) is 16.7 Å². The summed E-state index contributed by atoms with van der Waals surface area (Å²) in [5, 5.41) is 0. The molecule has 3 nitrogen and oxygen atoms in total. The summed E-state index contributed by atoms with van der Waals surface area (Å²) in [5.74, 6) is 2.43. The normalized spacial score (nSPS) is 26.6. The predicted octanol–water partition coefficient (Wildman–Crippen LogP) is 2.55. The van der Waals surface area contributed by atoms with Crippen molar-refractivity contribution in [3.05, 3.63) is 42.4 Å². The van der Waals surface area contributed by atoms with Gasteiger partial charge in [-0.2, -0.15) is 0 Å². The maximum absolute atomic E-state index is 4.54. The first-order valence-corrected chi connectivity index (χ1v) is 5.61. The summed E-state index contributed by atoms with van der Waals surface area (Å²) in [5.41, 5.74) is 3.17. The van der Waals surface area contributed by atoms with E-state index in [1.165, 1.54) is 12.0 Å². The van der Waals surface area contributed by atoms with Crippen LogP contribution in [0.15, 0.2) is 36.6 Å². The number of nitrogens with zero attached hydrogens (tertiary/aromatic N) is 2. The topological polar surface area (TPSA) is 41.6 Å². The van der Waals surface area contributed by atoms with Gasteiger partial charge in [0.15, 0.2) is 5.65 Å². The highest BCUT2D eigenvalue weighted by atomic mass is 15.0. The first-order valence-electron chi connectivity index (χ1n) is 5.61. The Kier molecular flexibility index (Phi) is 1.46. The first-order chi connectivity index (χ1) is 7.92. The van der Waals surface area contributed by atoms with Gasteiger partial charge in [0.05, 0.1) is 5.52 Å². The van der Waals surface area contributed by atoms with E-state index in [9.17, 15) is 0 Å². The van der Waals surface area contributed by atoms with Crippen LogP contribution in [-0.2, 0) is 0 Å². The Morgan fingerprint density at radius 2 is 2.38 bits per heavy atom. The molecule has 2 aliphatic carbocycles. The van der Waals surface area contributed by atoms with Crippen molar-refractivity contribution in [2.45, 2.75) is 6.42 Å². The summed E-state index contributed by atoms with van der Waals surface area (Å²) in [6.07, 6.45) is 9.65. The highest BCUT2D eigenvalue weighted by Gasteiger charge is 2.40. The van der Waals surface area contributed by atoms with Crippen molar-refractivity contribution in [2.75, 3.05) is 0 Å². The lowest BCUT2D eigenvalue weighted by Gasteiger charge is -2.04. The number of imidazole rings is 1. The molecule has 2 unspecified atom stereocenters. The average Bonchev–Trinajstić information content (AvgIpc) is 2.99. The van der Waals surface area contributed by atoms with Crippen LogP contribution in [0, 0.1) is 11.8 Å². The van der Waals surface area contributed by atoms with Crippen LogP contribution in [0.1, 0.15) is 12.2 Å². The van der Waals surface area contributed by atoms with Gasteiger partial charge in [0.25, 0.3) is 0 Å². The van der Waals surface area contributed by atoms with E-state index in [-0.39, 0.29) is 0 Å². The molecule has 0 radical (unpaired) electrons. The second kappa shape index (κ2) is 2.82. The van der Waals surface area contributed by atoms with E-state index >= 15 is 0 Å². The first kappa shape index (κ1) is 8.28. The van der Waals surface area contributed by atoms with Gasteiger partial charge in [-0.05, 0) is 36.0 Å². The van der Waals surface area contributed by atoms with E-state index in [2.05, 4.69) is 33.2 Å². The monoisotopic (exact) mass is 209 g/mol. The molecule has 0 amide bonds. The molecular weight excluding hydrogens is 198 g/mol. The Hall–Kier alpha value is -1.90. The summed E-state index contributed by atoms with van der Waals surface area (Å²) >= 11 is 0. The minimum Gasteiger partial charge on any atom is -0.337 e. The summed E-state index contributed by atoms with van der Waals surface area (Å²) in [4.78, 5) is 12.1. The fourth-order valence-corrected chi connectivity index (χ4v) is 2.45. The third-order valence-corrected chi connectivity index (χ3v) is 3.40. The number of hydrogen-bond donors (Lipinski definition) is 1. The van der Waals surface area contributed by atoms with Crippen molar-refractivity contribution in [3.63, 3.8) is 0 Å². The molecule has 78 valence electrons. The quantitative estimate of drug-likeness (QED) is 0.784. The number of allylic oxidation sites excluding steroid dienone is 4. The molecule has 3 heteroatoms. The van der Waals surface area contributed by atoms with Crippen LogP contribution >= 0.6 is 0 Å². The molecule has 1 N–H and O–H groups in total. The van der Waals surface area contributed by atoms with E-state index in [1.54, 1.807) is 6.20 Å². The molecule has 1 saturated carbocycles. The van der Waals surface area contributed by atoms with Crippen LogP contribution in [-0.4, -0.2) is 15.0 Å². The molecule has 0 saturated heterocycles. The van der Waals surface area contributed by atoms with Crippen molar-refractivity contribution in [2.24, 2.45) is 11.8 Å². The van der Waals surface area contributed by atoms with Crippen molar-refractivity contribution < 1.29 is 0 Å². The van der Waals surface area contributed by atoms with E-state index in [0.717, 1.165) is 22.9 Å². The molecule has 2 aromatic rings. The number of pyridine rings is 1. The highest BCUT2D eigenvalue weighted by Crippen LogP contribution is 2.50. The van der Waals surface area contributed by atoms with Gasteiger partial charge < -0.3 is 4.98 Å². The van der Waals surface area contributed by atoms with Gasteiger partial charge in [-0.3, -0.25) is 0 Å². The number of nitrogens with one attached hydrogen (secondary N) is 1. The summed E-state index contributed by atoms with van der Waals surface area (Å²) in [6, 6.07) is 3.95. The van der Waals surface area contributed by atoms with Gasteiger partial charge in [-0.15, -0.1) is 0 Å². The van der Waals surface area contributed by atoms with Gasteiger partial charge in [-0.25, -0.2) is 9.97 Å².